The van der Waals surface area contributed by atoms with Crippen LogP contribution in [0.1, 0.15) is 85.8 Å². The highest BCUT2D eigenvalue weighted by molar-refractivity contribution is 5.90. The molecule has 1 aromatic carbocycles. The topological polar surface area (TPSA) is 139 Å². The summed E-state index contributed by atoms with van der Waals surface area (Å²) >= 11 is 0. The molecule has 0 unspecified atom stereocenters. The minimum absolute atomic E-state index is 0.0109. The predicted molar refractivity (Wildman–Crippen MR) is 193 cm³/mol. The number of morpholine rings is 1. The molecular weight excluding hydrogens is 638 g/mol. The maximum absolute atomic E-state index is 14.2. The highest BCUT2D eigenvalue weighted by atomic mass is 16.6. The number of methoxy groups -OCH3 is 2. The molecule has 2 aliphatic rings. The van der Waals surface area contributed by atoms with E-state index in [9.17, 15) is 19.2 Å². The highest BCUT2D eigenvalue weighted by Gasteiger charge is 2.47. The lowest BCUT2D eigenvalue weighted by atomic mass is 9.89. The zero-order valence-corrected chi connectivity index (χ0v) is 32.1. The van der Waals surface area contributed by atoms with Gasteiger partial charge in [-0.05, 0) is 50.1 Å². The van der Waals surface area contributed by atoms with E-state index in [-0.39, 0.29) is 66.0 Å². The molecule has 0 aliphatic carbocycles. The second kappa shape index (κ2) is 19.0. The van der Waals surface area contributed by atoms with Crippen LogP contribution in [-0.2, 0) is 33.4 Å². The van der Waals surface area contributed by atoms with Gasteiger partial charge in [-0.25, -0.2) is 0 Å². The predicted octanol–water partition coefficient (Wildman–Crippen LogP) is 3.30. The number of carbonyl (C=O) groups is 4. The first-order chi connectivity index (χ1) is 23.7. The molecule has 1 aromatic rings. The van der Waals surface area contributed by atoms with E-state index in [2.05, 4.69) is 16.0 Å². The molecule has 12 heteroatoms. The Kier molecular flexibility index (Phi) is 15.7. The second-order valence-corrected chi connectivity index (χ2v) is 14.7. The smallest absolute Gasteiger partial charge is 0.252 e. The van der Waals surface area contributed by atoms with E-state index in [1.54, 1.807) is 38.1 Å². The molecule has 0 bridgehead atoms. The van der Waals surface area contributed by atoms with Crippen LogP contribution in [0.5, 0.6) is 0 Å². The Morgan fingerprint density at radius 2 is 1.68 bits per heavy atom. The number of carbonyl (C=O) groups excluding carboxylic acids is 4. The summed E-state index contributed by atoms with van der Waals surface area (Å²) < 4.78 is 18.4. The Bertz CT molecular complexity index is 1260. The molecule has 4 amide bonds. The molecule has 2 saturated heterocycles. The standard InChI is InChI=1S/C38H63N5O7/c1-12-24(6)32(42(9)38(47)31(23(4)5)41-36(45)30(39-8)22(2)3)28(48-10)21-29(44)43-20-16-19-27(43)34(49-11)35-37(46)40-25(7)33(50-35)26-17-14-13-15-18-26/h13-15,17-18,22-25,27-28,30-35,39H,12,16,19-21H2,1-11H3,(H,40,46)(H,41,45)/t24-,25+,27-,28+,30-,31-,32-,33+,34-,35+/m0/s1. The van der Waals surface area contributed by atoms with Gasteiger partial charge in [-0.15, -0.1) is 0 Å². The van der Waals surface area contributed by atoms with Crippen molar-refractivity contribution in [3.63, 3.8) is 0 Å². The third-order valence-electron chi connectivity index (χ3n) is 10.6. The molecule has 0 aromatic heterocycles. The van der Waals surface area contributed by atoms with Crippen molar-refractivity contribution in [3.8, 4) is 0 Å². The van der Waals surface area contributed by atoms with Crippen molar-refractivity contribution in [3.05, 3.63) is 35.9 Å². The summed E-state index contributed by atoms with van der Waals surface area (Å²) in [5.74, 6) is -0.993. The molecular formula is C38H63N5O7. The average Bonchev–Trinajstić information content (AvgIpc) is 3.57. The van der Waals surface area contributed by atoms with Gasteiger partial charge in [0.15, 0.2) is 6.10 Å². The van der Waals surface area contributed by atoms with E-state index < -0.39 is 36.4 Å². The number of nitrogens with one attached hydrogen (secondary N) is 3. The number of hydrogen-bond donors (Lipinski definition) is 3. The summed E-state index contributed by atoms with van der Waals surface area (Å²) in [6.07, 6.45) is -0.368. The van der Waals surface area contributed by atoms with E-state index in [1.165, 1.54) is 0 Å². The molecule has 50 heavy (non-hydrogen) atoms. The van der Waals surface area contributed by atoms with Crippen LogP contribution in [-0.4, -0.2) is 117 Å². The summed E-state index contributed by atoms with van der Waals surface area (Å²) in [6.45, 7) is 14.3. The van der Waals surface area contributed by atoms with Crippen molar-refractivity contribution in [1.29, 1.82) is 0 Å². The largest absolute Gasteiger partial charge is 0.379 e. The monoisotopic (exact) mass is 701 g/mol. The molecule has 3 N–H and O–H groups in total. The minimum Gasteiger partial charge on any atom is -0.379 e. The van der Waals surface area contributed by atoms with Gasteiger partial charge < -0.3 is 40.0 Å². The number of ether oxygens (including phenoxy) is 3. The Morgan fingerprint density at radius 1 is 1.04 bits per heavy atom. The number of likely N-dealkylation sites (N-methyl/N-ethyl adjacent to an activating group) is 2. The Morgan fingerprint density at radius 3 is 2.22 bits per heavy atom. The fraction of sp³-hybridized carbons (Fsp3) is 0.737. The van der Waals surface area contributed by atoms with Crippen molar-refractivity contribution in [2.45, 2.75) is 129 Å². The highest BCUT2D eigenvalue weighted by Crippen LogP contribution is 2.33. The van der Waals surface area contributed by atoms with Crippen LogP contribution >= 0.6 is 0 Å². The fourth-order valence-corrected chi connectivity index (χ4v) is 7.64. The molecule has 282 valence electrons. The van der Waals surface area contributed by atoms with E-state index in [0.717, 1.165) is 18.4 Å². The zero-order chi connectivity index (χ0) is 37.3. The van der Waals surface area contributed by atoms with E-state index in [1.807, 2.05) is 78.8 Å². The first kappa shape index (κ1) is 41.4. The number of hydrogen-bond acceptors (Lipinski definition) is 8. The van der Waals surface area contributed by atoms with Crippen molar-refractivity contribution in [1.82, 2.24) is 25.8 Å². The van der Waals surface area contributed by atoms with Crippen LogP contribution in [0, 0.1) is 17.8 Å². The van der Waals surface area contributed by atoms with Crippen LogP contribution in [0.3, 0.4) is 0 Å². The quantitative estimate of drug-likeness (QED) is 0.225. The van der Waals surface area contributed by atoms with Crippen LogP contribution < -0.4 is 16.0 Å². The second-order valence-electron chi connectivity index (χ2n) is 14.7. The fourth-order valence-electron chi connectivity index (χ4n) is 7.64. The number of likely N-dealkylation sites (tertiary alicyclic amines) is 1. The lowest BCUT2D eigenvalue weighted by Crippen LogP contribution is -2.60. The Labute approximate surface area is 299 Å². The Hall–Kier alpha value is -3.06. The minimum atomic E-state index is -0.906. The van der Waals surface area contributed by atoms with Gasteiger partial charge in [0.25, 0.3) is 5.91 Å². The maximum Gasteiger partial charge on any atom is 0.252 e. The summed E-state index contributed by atoms with van der Waals surface area (Å²) in [6, 6.07) is 7.53. The summed E-state index contributed by atoms with van der Waals surface area (Å²) in [5.41, 5.74) is 0.956. The summed E-state index contributed by atoms with van der Waals surface area (Å²) in [7, 11) is 6.59. The molecule has 0 spiro atoms. The lowest BCUT2D eigenvalue weighted by Gasteiger charge is -2.42. The van der Waals surface area contributed by atoms with Crippen molar-refractivity contribution < 1.29 is 33.4 Å². The normalized spacial score (nSPS) is 24.7. The molecule has 0 radical (unpaired) electrons. The van der Waals surface area contributed by atoms with Crippen LogP contribution in [0.15, 0.2) is 30.3 Å². The van der Waals surface area contributed by atoms with E-state index in [0.29, 0.717) is 13.0 Å². The van der Waals surface area contributed by atoms with Gasteiger partial charge in [0, 0.05) is 27.8 Å². The van der Waals surface area contributed by atoms with Gasteiger partial charge in [-0.3, -0.25) is 19.2 Å². The van der Waals surface area contributed by atoms with Gasteiger partial charge in [-0.1, -0.05) is 78.3 Å². The third-order valence-corrected chi connectivity index (χ3v) is 10.6. The number of rotatable bonds is 17. The van der Waals surface area contributed by atoms with Crippen LogP contribution in [0.2, 0.25) is 0 Å². The Balaban J connectivity index is 1.82. The molecule has 3 rings (SSSR count). The summed E-state index contributed by atoms with van der Waals surface area (Å²) in [5, 5.41) is 9.11. The van der Waals surface area contributed by atoms with Crippen molar-refractivity contribution in [2.24, 2.45) is 17.8 Å². The number of benzene rings is 1. The van der Waals surface area contributed by atoms with Crippen molar-refractivity contribution >= 4 is 23.6 Å². The molecule has 10 atom stereocenters. The van der Waals surface area contributed by atoms with Crippen LogP contribution in [0.4, 0.5) is 0 Å². The van der Waals surface area contributed by atoms with E-state index >= 15 is 0 Å². The SMILES string of the molecule is CC[C@H](C)[C@@H]([C@@H](CC(=O)N1CCC[C@H]1[C@H](OC)[C@H]1O[C@@H](c2ccccc2)[C@@H](C)NC1=O)OC)N(C)C(=O)[C@@H](NC(=O)[C@@H](NC)C(C)C)C(C)C. The molecule has 2 fully saturated rings. The third kappa shape index (κ3) is 9.63. The number of amides is 4. The number of nitrogens with zero attached hydrogens (tertiary/aromatic N) is 2. The molecule has 2 heterocycles. The van der Waals surface area contributed by atoms with Gasteiger partial charge in [-0.2, -0.15) is 0 Å². The van der Waals surface area contributed by atoms with Gasteiger partial charge in [0.1, 0.15) is 18.2 Å². The van der Waals surface area contributed by atoms with E-state index in [4.69, 9.17) is 14.2 Å². The van der Waals surface area contributed by atoms with Crippen LogP contribution in [0.25, 0.3) is 0 Å². The molecule has 2 aliphatic heterocycles. The zero-order valence-electron chi connectivity index (χ0n) is 32.1. The first-order valence-electron chi connectivity index (χ1n) is 18.3. The molecule has 12 nitrogen and oxygen atoms in total. The van der Waals surface area contributed by atoms with Gasteiger partial charge in [0.05, 0.1) is 36.7 Å². The average molecular weight is 702 g/mol. The summed E-state index contributed by atoms with van der Waals surface area (Å²) in [4.78, 5) is 58.3. The van der Waals surface area contributed by atoms with Gasteiger partial charge >= 0.3 is 0 Å². The van der Waals surface area contributed by atoms with Gasteiger partial charge in [0.2, 0.25) is 17.7 Å². The maximum atomic E-state index is 14.2. The first-order valence-corrected chi connectivity index (χ1v) is 18.3. The molecule has 0 saturated carbocycles. The lowest BCUT2D eigenvalue weighted by molar-refractivity contribution is -0.173. The van der Waals surface area contributed by atoms with Crippen molar-refractivity contribution in [2.75, 3.05) is 34.9 Å².